The first-order valence-corrected chi connectivity index (χ1v) is 12.4. The van der Waals surface area contributed by atoms with E-state index in [4.69, 9.17) is 0 Å². The predicted octanol–water partition coefficient (Wildman–Crippen LogP) is 3.73. The average molecular weight is 479 g/mol. The Morgan fingerprint density at radius 1 is 0.853 bits per heavy atom. The van der Waals surface area contributed by atoms with Gasteiger partial charge in [-0.25, -0.2) is 9.37 Å². The number of anilines is 2. The fourth-order valence-electron chi connectivity index (χ4n) is 4.50. The molecule has 3 aromatic rings. The zero-order chi connectivity index (χ0) is 23.3. The summed E-state index contributed by atoms with van der Waals surface area (Å²) in [5.74, 6) is 1.87. The standard InChI is InChI=1S/C25H27FN6OS/c26-20-4-3-5-21(18-20)34-24-8-7-23(28-29-24)30-12-9-19(10-13-30)25(33)32-16-14-31(15-17-32)22-6-1-2-11-27-22/h1-8,11,18-19H,9-10,12-17H2. The molecule has 1 amide bonds. The molecule has 0 aliphatic carbocycles. The first-order valence-electron chi connectivity index (χ1n) is 11.6. The molecule has 4 heterocycles. The van der Waals surface area contributed by atoms with Crippen molar-refractivity contribution in [2.45, 2.75) is 22.8 Å². The summed E-state index contributed by atoms with van der Waals surface area (Å²) in [5.41, 5.74) is 0. The van der Waals surface area contributed by atoms with Crippen molar-refractivity contribution in [3.63, 3.8) is 0 Å². The van der Waals surface area contributed by atoms with Crippen LogP contribution in [0.25, 0.3) is 0 Å². The predicted molar refractivity (Wildman–Crippen MR) is 131 cm³/mol. The van der Waals surface area contributed by atoms with E-state index in [0.717, 1.165) is 73.7 Å². The topological polar surface area (TPSA) is 65.5 Å². The quantitative estimate of drug-likeness (QED) is 0.554. The summed E-state index contributed by atoms with van der Waals surface area (Å²) in [6.45, 7) is 4.69. The Kier molecular flexibility index (Phi) is 6.89. The van der Waals surface area contributed by atoms with Crippen LogP contribution >= 0.6 is 11.8 Å². The van der Waals surface area contributed by atoms with Gasteiger partial charge >= 0.3 is 0 Å². The number of benzene rings is 1. The van der Waals surface area contributed by atoms with Crippen LogP contribution in [-0.4, -0.2) is 65.3 Å². The number of aromatic nitrogens is 3. The van der Waals surface area contributed by atoms with Crippen LogP contribution in [-0.2, 0) is 4.79 Å². The molecule has 0 spiro atoms. The van der Waals surface area contributed by atoms with Crippen LogP contribution < -0.4 is 9.80 Å². The third-order valence-electron chi connectivity index (χ3n) is 6.38. The molecular weight excluding hydrogens is 451 g/mol. The van der Waals surface area contributed by atoms with Crippen molar-refractivity contribution in [2.24, 2.45) is 5.92 Å². The number of pyridine rings is 1. The Labute approximate surface area is 203 Å². The number of piperidine rings is 1. The highest BCUT2D eigenvalue weighted by atomic mass is 32.2. The van der Waals surface area contributed by atoms with Crippen molar-refractivity contribution in [1.82, 2.24) is 20.1 Å². The molecule has 7 nitrogen and oxygen atoms in total. The maximum atomic E-state index is 13.4. The van der Waals surface area contributed by atoms with E-state index in [1.807, 2.05) is 47.5 Å². The molecule has 2 fully saturated rings. The van der Waals surface area contributed by atoms with E-state index in [0.29, 0.717) is 0 Å². The average Bonchev–Trinajstić information content (AvgIpc) is 2.89. The first kappa shape index (κ1) is 22.6. The van der Waals surface area contributed by atoms with Crippen molar-refractivity contribution in [2.75, 3.05) is 49.1 Å². The number of carbonyl (C=O) groups excluding carboxylic acids is 1. The van der Waals surface area contributed by atoms with E-state index < -0.39 is 0 Å². The molecule has 2 aromatic heterocycles. The van der Waals surface area contributed by atoms with Crippen LogP contribution in [0.15, 0.2) is 70.7 Å². The minimum atomic E-state index is -0.262. The second-order valence-electron chi connectivity index (χ2n) is 8.55. The lowest BCUT2D eigenvalue weighted by molar-refractivity contribution is -0.136. The van der Waals surface area contributed by atoms with Crippen LogP contribution in [0.1, 0.15) is 12.8 Å². The summed E-state index contributed by atoms with van der Waals surface area (Å²) in [7, 11) is 0. The van der Waals surface area contributed by atoms with Gasteiger partial charge in [0.15, 0.2) is 5.82 Å². The molecule has 0 N–H and O–H groups in total. The van der Waals surface area contributed by atoms with E-state index in [1.165, 1.54) is 23.9 Å². The fraction of sp³-hybridized carbons (Fsp3) is 0.360. The van der Waals surface area contributed by atoms with Crippen LogP contribution in [0.4, 0.5) is 16.0 Å². The molecule has 2 aliphatic heterocycles. The van der Waals surface area contributed by atoms with Crippen LogP contribution in [0, 0.1) is 11.7 Å². The van der Waals surface area contributed by atoms with E-state index >= 15 is 0 Å². The number of carbonyl (C=O) groups is 1. The number of halogens is 1. The maximum Gasteiger partial charge on any atom is 0.225 e. The van der Waals surface area contributed by atoms with Gasteiger partial charge in [0.25, 0.3) is 0 Å². The SMILES string of the molecule is O=C(C1CCN(c2ccc(Sc3cccc(F)c3)nn2)CC1)N1CCN(c2ccccn2)CC1. The van der Waals surface area contributed by atoms with Gasteiger partial charge in [-0.1, -0.05) is 23.9 Å². The Morgan fingerprint density at radius 2 is 1.65 bits per heavy atom. The van der Waals surface area contributed by atoms with Crippen molar-refractivity contribution in [1.29, 1.82) is 0 Å². The van der Waals surface area contributed by atoms with Crippen LogP contribution in [0.3, 0.4) is 0 Å². The van der Waals surface area contributed by atoms with Gasteiger partial charge in [0.1, 0.15) is 16.7 Å². The van der Waals surface area contributed by atoms with Crippen LogP contribution in [0.5, 0.6) is 0 Å². The number of piperazine rings is 1. The second-order valence-corrected chi connectivity index (χ2v) is 9.64. The molecule has 2 aliphatic rings. The van der Waals surface area contributed by atoms with Gasteiger partial charge in [0.2, 0.25) is 5.91 Å². The highest BCUT2D eigenvalue weighted by Gasteiger charge is 2.31. The lowest BCUT2D eigenvalue weighted by Gasteiger charge is -2.39. The first-order chi connectivity index (χ1) is 16.7. The minimum absolute atomic E-state index is 0.0633. The molecule has 0 unspecified atom stereocenters. The third-order valence-corrected chi connectivity index (χ3v) is 7.29. The minimum Gasteiger partial charge on any atom is -0.355 e. The zero-order valence-electron chi connectivity index (χ0n) is 18.9. The highest BCUT2D eigenvalue weighted by molar-refractivity contribution is 7.99. The molecule has 0 saturated carbocycles. The van der Waals surface area contributed by atoms with Crippen molar-refractivity contribution in [3.05, 3.63) is 66.6 Å². The van der Waals surface area contributed by atoms with E-state index in [2.05, 4.69) is 25.0 Å². The fourth-order valence-corrected chi connectivity index (χ4v) is 5.28. The number of amides is 1. The second kappa shape index (κ2) is 10.4. The normalized spacial score (nSPS) is 17.1. The summed E-state index contributed by atoms with van der Waals surface area (Å²) in [6, 6.07) is 16.2. The van der Waals surface area contributed by atoms with Gasteiger partial charge in [-0.2, -0.15) is 0 Å². The van der Waals surface area contributed by atoms with Crippen molar-refractivity contribution < 1.29 is 9.18 Å². The van der Waals surface area contributed by atoms with Crippen LogP contribution in [0.2, 0.25) is 0 Å². The number of rotatable bonds is 5. The molecule has 0 radical (unpaired) electrons. The summed E-state index contributed by atoms with van der Waals surface area (Å²) in [5, 5.41) is 9.40. The monoisotopic (exact) mass is 478 g/mol. The lowest BCUT2D eigenvalue weighted by atomic mass is 9.95. The van der Waals surface area contributed by atoms with Gasteiger partial charge in [0.05, 0.1) is 0 Å². The Hall–Kier alpha value is -3.20. The third kappa shape index (κ3) is 5.30. The maximum absolute atomic E-state index is 13.4. The summed E-state index contributed by atoms with van der Waals surface area (Å²) in [4.78, 5) is 24.7. The summed E-state index contributed by atoms with van der Waals surface area (Å²) in [6.07, 6.45) is 3.45. The molecule has 34 heavy (non-hydrogen) atoms. The number of hydrogen-bond donors (Lipinski definition) is 0. The van der Waals surface area contributed by atoms with Crippen molar-refractivity contribution >= 4 is 29.3 Å². The molecule has 176 valence electrons. The molecule has 5 rings (SSSR count). The van der Waals surface area contributed by atoms with Gasteiger partial charge in [-0.15, -0.1) is 10.2 Å². The summed E-state index contributed by atoms with van der Waals surface area (Å²) < 4.78 is 13.4. The van der Waals surface area contributed by atoms with Crippen molar-refractivity contribution in [3.8, 4) is 0 Å². The Morgan fingerprint density at radius 3 is 2.32 bits per heavy atom. The molecule has 2 saturated heterocycles. The van der Waals surface area contributed by atoms with Gasteiger partial charge < -0.3 is 14.7 Å². The highest BCUT2D eigenvalue weighted by Crippen LogP contribution is 2.28. The van der Waals surface area contributed by atoms with E-state index in [1.54, 1.807) is 6.07 Å². The van der Waals surface area contributed by atoms with Gasteiger partial charge in [-0.3, -0.25) is 4.79 Å². The van der Waals surface area contributed by atoms with Gasteiger partial charge in [0, 0.05) is 56.3 Å². The molecular formula is C25H27FN6OS. The molecule has 0 bridgehead atoms. The smallest absolute Gasteiger partial charge is 0.225 e. The zero-order valence-corrected chi connectivity index (χ0v) is 19.7. The number of nitrogens with zero attached hydrogens (tertiary/aromatic N) is 6. The van der Waals surface area contributed by atoms with Gasteiger partial charge in [-0.05, 0) is 55.3 Å². The molecule has 1 aromatic carbocycles. The Balaban J connectivity index is 1.10. The Bertz CT molecular complexity index is 1100. The molecule has 9 heteroatoms. The summed E-state index contributed by atoms with van der Waals surface area (Å²) >= 11 is 1.39. The largest absolute Gasteiger partial charge is 0.355 e. The lowest BCUT2D eigenvalue weighted by Crippen LogP contribution is -2.52. The van der Waals surface area contributed by atoms with E-state index in [-0.39, 0.29) is 17.6 Å². The molecule has 0 atom stereocenters. The number of hydrogen-bond acceptors (Lipinski definition) is 7. The van der Waals surface area contributed by atoms with E-state index in [9.17, 15) is 9.18 Å².